The van der Waals surface area contributed by atoms with Crippen LogP contribution in [0, 0.1) is 5.41 Å². The van der Waals surface area contributed by atoms with Crippen LogP contribution in [0.1, 0.15) is 34.8 Å². The van der Waals surface area contributed by atoms with E-state index >= 15 is 0 Å². The van der Waals surface area contributed by atoms with Crippen LogP contribution in [0.25, 0.3) is 0 Å². The minimum absolute atomic E-state index is 0.0295. The van der Waals surface area contributed by atoms with Gasteiger partial charge in [0, 0.05) is 17.5 Å². The number of carboxylic acids is 2. The molecule has 0 spiro atoms. The molecule has 3 atom stereocenters. The molecule has 0 aliphatic carbocycles. The highest BCUT2D eigenvalue weighted by Crippen LogP contribution is 2.12. The van der Waals surface area contributed by atoms with Gasteiger partial charge in [-0.1, -0.05) is 24.3 Å². The van der Waals surface area contributed by atoms with E-state index in [0.717, 1.165) is 0 Å². The Bertz CT molecular complexity index is 1180. The van der Waals surface area contributed by atoms with Gasteiger partial charge >= 0.3 is 11.9 Å². The second kappa shape index (κ2) is 12.7. The average Bonchev–Trinajstić information content (AvgIpc) is 2.83. The first kappa shape index (κ1) is 28.3. The standard InChI is InChI=1S/C24H27N5O8/c1-12(27-22(34)15-6-4-14(5-7-15)20(25)26)21(33)28-17(11-19(31)32)23(35)29-18(24(36)37)10-13-2-8-16(30)9-3-13/h2-9,12,17-18,30H,10-11H2,1H3,(H3,25,26)(H,27,34)(H,28,33)(H,29,35)(H,31,32)(H,36,37)/t12-,17-,18-/m0/s1. The van der Waals surface area contributed by atoms with Crippen LogP contribution in [-0.4, -0.2) is 68.9 Å². The molecule has 0 aliphatic heterocycles. The summed E-state index contributed by atoms with van der Waals surface area (Å²) >= 11 is 0. The SMILES string of the molecule is C[C@H](NC(=O)c1ccc(C(=N)N)cc1)C(=O)N[C@@H](CC(=O)O)C(=O)N[C@@H](Cc1ccc(O)cc1)C(=O)O. The molecule has 2 aromatic rings. The summed E-state index contributed by atoms with van der Waals surface area (Å²) in [6.07, 6.45) is -1.000. The topological polar surface area (TPSA) is 232 Å². The highest BCUT2D eigenvalue weighted by Gasteiger charge is 2.30. The minimum atomic E-state index is -1.62. The van der Waals surface area contributed by atoms with Gasteiger partial charge < -0.3 is 37.0 Å². The lowest BCUT2D eigenvalue weighted by Gasteiger charge is -2.22. The number of rotatable bonds is 12. The number of nitrogen functional groups attached to an aromatic ring is 1. The molecule has 0 fully saturated rings. The van der Waals surface area contributed by atoms with Crippen molar-refractivity contribution in [2.75, 3.05) is 0 Å². The number of nitrogens with two attached hydrogens (primary N) is 1. The molecular formula is C24H27N5O8. The van der Waals surface area contributed by atoms with Crippen LogP contribution in [0.4, 0.5) is 0 Å². The molecule has 3 amide bonds. The molecule has 196 valence electrons. The number of nitrogens with one attached hydrogen (secondary N) is 4. The zero-order chi connectivity index (χ0) is 27.7. The van der Waals surface area contributed by atoms with Gasteiger partial charge in [-0.15, -0.1) is 0 Å². The van der Waals surface area contributed by atoms with Crippen molar-refractivity contribution in [2.45, 2.75) is 37.9 Å². The monoisotopic (exact) mass is 513 g/mol. The Morgan fingerprint density at radius 1 is 0.838 bits per heavy atom. The van der Waals surface area contributed by atoms with Crippen LogP contribution >= 0.6 is 0 Å². The quantitative estimate of drug-likeness (QED) is 0.136. The molecule has 0 unspecified atom stereocenters. The number of amidine groups is 1. The molecule has 0 radical (unpaired) electrons. The van der Waals surface area contributed by atoms with Crippen molar-refractivity contribution >= 4 is 35.5 Å². The molecule has 2 aromatic carbocycles. The van der Waals surface area contributed by atoms with Gasteiger partial charge in [-0.2, -0.15) is 0 Å². The average molecular weight is 514 g/mol. The van der Waals surface area contributed by atoms with Crippen molar-refractivity contribution in [3.8, 4) is 5.75 Å². The molecule has 37 heavy (non-hydrogen) atoms. The van der Waals surface area contributed by atoms with Crippen molar-refractivity contribution in [1.29, 1.82) is 5.41 Å². The van der Waals surface area contributed by atoms with Gasteiger partial charge in [-0.3, -0.25) is 24.6 Å². The normalized spacial score (nSPS) is 12.9. The first-order chi connectivity index (χ1) is 17.4. The van der Waals surface area contributed by atoms with E-state index in [1.807, 2.05) is 0 Å². The molecule has 0 saturated carbocycles. The largest absolute Gasteiger partial charge is 0.508 e. The molecule has 0 saturated heterocycles. The summed E-state index contributed by atoms with van der Waals surface area (Å²) in [5.74, 6) is -5.59. The number of amides is 3. The van der Waals surface area contributed by atoms with E-state index in [4.69, 9.17) is 11.1 Å². The molecular weight excluding hydrogens is 486 g/mol. The zero-order valence-electron chi connectivity index (χ0n) is 19.7. The second-order valence-corrected chi connectivity index (χ2v) is 8.12. The lowest BCUT2D eigenvalue weighted by molar-refractivity contribution is -0.143. The number of hydrogen-bond acceptors (Lipinski definition) is 7. The summed E-state index contributed by atoms with van der Waals surface area (Å²) in [6, 6.07) is 7.07. The Balaban J connectivity index is 2.06. The molecule has 0 heterocycles. The van der Waals surface area contributed by atoms with Gasteiger partial charge in [0.2, 0.25) is 11.8 Å². The van der Waals surface area contributed by atoms with E-state index in [9.17, 15) is 39.3 Å². The van der Waals surface area contributed by atoms with Crippen molar-refractivity contribution < 1.29 is 39.3 Å². The van der Waals surface area contributed by atoms with Gasteiger partial charge in [-0.05, 0) is 36.8 Å². The van der Waals surface area contributed by atoms with Crippen molar-refractivity contribution in [3.63, 3.8) is 0 Å². The van der Waals surface area contributed by atoms with E-state index in [-0.39, 0.29) is 23.6 Å². The number of carbonyl (C=O) groups is 5. The van der Waals surface area contributed by atoms with Crippen LogP contribution in [0.3, 0.4) is 0 Å². The summed E-state index contributed by atoms with van der Waals surface area (Å²) in [5, 5.41) is 42.3. The predicted molar refractivity (Wildman–Crippen MR) is 130 cm³/mol. The number of benzene rings is 2. The van der Waals surface area contributed by atoms with Gasteiger partial charge in [0.05, 0.1) is 6.42 Å². The minimum Gasteiger partial charge on any atom is -0.508 e. The van der Waals surface area contributed by atoms with E-state index < -0.39 is 54.2 Å². The molecule has 0 aliphatic rings. The fourth-order valence-electron chi connectivity index (χ4n) is 3.17. The number of phenols is 1. The third-order valence-electron chi connectivity index (χ3n) is 5.20. The number of hydrogen-bond donors (Lipinski definition) is 8. The number of phenolic OH excluding ortho intramolecular Hbond substituents is 1. The maximum absolute atomic E-state index is 12.7. The van der Waals surface area contributed by atoms with Crippen molar-refractivity contribution in [3.05, 3.63) is 65.2 Å². The van der Waals surface area contributed by atoms with Crippen LogP contribution < -0.4 is 21.7 Å². The fraction of sp³-hybridized carbons (Fsp3) is 0.250. The van der Waals surface area contributed by atoms with E-state index in [1.54, 1.807) is 0 Å². The maximum atomic E-state index is 12.7. The molecule has 13 nitrogen and oxygen atoms in total. The van der Waals surface area contributed by atoms with Crippen LogP contribution in [0.15, 0.2) is 48.5 Å². The second-order valence-electron chi connectivity index (χ2n) is 8.12. The Morgan fingerprint density at radius 2 is 1.38 bits per heavy atom. The Morgan fingerprint density at radius 3 is 1.89 bits per heavy atom. The third kappa shape index (κ3) is 8.65. The van der Waals surface area contributed by atoms with E-state index in [0.29, 0.717) is 11.1 Å². The molecule has 13 heteroatoms. The van der Waals surface area contributed by atoms with Crippen molar-refractivity contribution in [2.24, 2.45) is 5.73 Å². The Hall–Kier alpha value is -4.94. The fourth-order valence-corrected chi connectivity index (χ4v) is 3.17. The highest BCUT2D eigenvalue weighted by molar-refractivity contribution is 6.00. The predicted octanol–water partition coefficient (Wildman–Crippen LogP) is -0.434. The summed E-state index contributed by atoms with van der Waals surface area (Å²) in [4.78, 5) is 60.7. The van der Waals surface area contributed by atoms with Gasteiger partial charge in [0.25, 0.3) is 5.91 Å². The number of aromatic hydroxyl groups is 1. The molecule has 0 aromatic heterocycles. The lowest BCUT2D eigenvalue weighted by Crippen LogP contribution is -2.56. The smallest absolute Gasteiger partial charge is 0.326 e. The maximum Gasteiger partial charge on any atom is 0.326 e. The summed E-state index contributed by atoms with van der Waals surface area (Å²) in [5.41, 5.74) is 6.42. The first-order valence-electron chi connectivity index (χ1n) is 11.0. The summed E-state index contributed by atoms with van der Waals surface area (Å²) in [6.45, 7) is 1.32. The van der Waals surface area contributed by atoms with Crippen LogP contribution in [-0.2, 0) is 25.6 Å². The van der Waals surface area contributed by atoms with Crippen molar-refractivity contribution in [1.82, 2.24) is 16.0 Å². The van der Waals surface area contributed by atoms with Gasteiger partial charge in [0.1, 0.15) is 29.7 Å². The molecule has 2 rings (SSSR count). The first-order valence-corrected chi connectivity index (χ1v) is 11.0. The van der Waals surface area contributed by atoms with Crippen LogP contribution in [0.5, 0.6) is 5.75 Å². The third-order valence-corrected chi connectivity index (χ3v) is 5.20. The summed E-state index contributed by atoms with van der Waals surface area (Å²) in [7, 11) is 0. The van der Waals surface area contributed by atoms with Gasteiger partial charge in [0.15, 0.2) is 0 Å². The van der Waals surface area contributed by atoms with Crippen LogP contribution in [0.2, 0.25) is 0 Å². The highest BCUT2D eigenvalue weighted by atomic mass is 16.4. The zero-order valence-corrected chi connectivity index (χ0v) is 19.7. The lowest BCUT2D eigenvalue weighted by atomic mass is 10.0. The Labute approximate surface area is 211 Å². The Kier molecular flexibility index (Phi) is 9.69. The molecule has 0 bridgehead atoms. The number of aliphatic carboxylic acids is 2. The number of carboxylic acid groups (broad SMARTS) is 2. The number of carbonyl (C=O) groups excluding carboxylic acids is 3. The van der Waals surface area contributed by atoms with E-state index in [2.05, 4.69) is 16.0 Å². The van der Waals surface area contributed by atoms with E-state index in [1.165, 1.54) is 55.5 Å². The van der Waals surface area contributed by atoms with Gasteiger partial charge in [-0.25, -0.2) is 4.79 Å². The summed E-state index contributed by atoms with van der Waals surface area (Å²) < 4.78 is 0. The molecule has 9 N–H and O–H groups in total.